The number of nitrogens with two attached hydrogens (primary N) is 1. The topological polar surface area (TPSA) is 156 Å². The van der Waals surface area contributed by atoms with Crippen molar-refractivity contribution in [2.24, 2.45) is 5.73 Å². The zero-order chi connectivity index (χ0) is 20.9. The third-order valence-corrected chi connectivity index (χ3v) is 5.14. The Morgan fingerprint density at radius 3 is 2.83 bits per heavy atom. The summed E-state index contributed by atoms with van der Waals surface area (Å²) in [6, 6.07) is 4.33. The minimum Gasteiger partial charge on any atom is -0.489 e. The molecule has 0 radical (unpaired) electrons. The van der Waals surface area contributed by atoms with Crippen molar-refractivity contribution >= 4 is 29.2 Å². The number of hydrogen-bond donors (Lipinski definition) is 2. The maximum Gasteiger partial charge on any atom is 0.356 e. The molecular weight excluding hydrogens is 384 g/mol. The second kappa shape index (κ2) is 6.71. The average Bonchev–Trinajstić information content (AvgIpc) is 3.07. The number of carboxylic acids is 1. The second-order valence-electron chi connectivity index (χ2n) is 6.78. The van der Waals surface area contributed by atoms with E-state index in [1.54, 1.807) is 6.07 Å². The van der Waals surface area contributed by atoms with E-state index >= 15 is 0 Å². The number of anilines is 1. The fourth-order valence-corrected chi connectivity index (χ4v) is 3.63. The lowest BCUT2D eigenvalue weighted by molar-refractivity contribution is -0.384. The average molecular weight is 400 g/mol. The van der Waals surface area contributed by atoms with Gasteiger partial charge in [-0.2, -0.15) is 0 Å². The minimum absolute atomic E-state index is 0.0333. The highest BCUT2D eigenvalue weighted by Gasteiger charge is 2.52. The van der Waals surface area contributed by atoms with Gasteiger partial charge < -0.3 is 20.5 Å². The molecule has 0 aromatic heterocycles. The van der Waals surface area contributed by atoms with Crippen LogP contribution < -0.4 is 10.6 Å². The summed E-state index contributed by atoms with van der Waals surface area (Å²) in [4.78, 5) is 49.3. The van der Waals surface area contributed by atoms with Crippen LogP contribution in [0.3, 0.4) is 0 Å². The number of nitrogens with zero attached hydrogens (tertiary/aromatic N) is 3. The number of non-ortho nitro benzene ring substituents is 1. The zero-order valence-corrected chi connectivity index (χ0v) is 15.0. The molecule has 29 heavy (non-hydrogen) atoms. The van der Waals surface area contributed by atoms with Gasteiger partial charge in [-0.1, -0.05) is 6.07 Å². The first-order valence-electron chi connectivity index (χ1n) is 8.75. The molecule has 11 nitrogen and oxygen atoms in total. The molecule has 4 rings (SSSR count). The molecule has 1 aromatic rings. The number of aliphatic carboxylic acids is 1. The molecule has 0 saturated carbocycles. The molecule has 0 spiro atoms. The number of carbonyl (C=O) groups is 3. The number of benzene rings is 1. The summed E-state index contributed by atoms with van der Waals surface area (Å²) in [6.07, 6.45) is 1.61. The van der Waals surface area contributed by atoms with Gasteiger partial charge in [0.1, 0.15) is 12.6 Å². The summed E-state index contributed by atoms with van der Waals surface area (Å²) < 4.78 is 5.49. The number of hydrogen-bond acceptors (Lipinski definition) is 7. The molecule has 0 bridgehead atoms. The molecule has 3 aliphatic heterocycles. The predicted molar refractivity (Wildman–Crippen MR) is 97.4 cm³/mol. The molecule has 2 amide bonds. The lowest BCUT2D eigenvalue weighted by Gasteiger charge is -2.47. The maximum atomic E-state index is 12.8. The van der Waals surface area contributed by atoms with Crippen LogP contribution in [-0.2, 0) is 19.1 Å². The van der Waals surface area contributed by atoms with Crippen molar-refractivity contribution in [1.82, 2.24) is 4.90 Å². The number of fused-ring (bicyclic) bond motifs is 1. The van der Waals surface area contributed by atoms with Gasteiger partial charge in [-0.25, -0.2) is 4.79 Å². The quantitative estimate of drug-likeness (QED) is 0.312. The lowest BCUT2D eigenvalue weighted by atomic mass is 9.93. The number of amides is 2. The number of nitro groups is 1. The Balaban J connectivity index is 1.64. The summed E-state index contributed by atoms with van der Waals surface area (Å²) in [6.45, 7) is 0.309. The Morgan fingerprint density at radius 1 is 1.38 bits per heavy atom. The monoisotopic (exact) mass is 400 g/mol. The fraction of sp³-hybridized carbons (Fsp3) is 0.278. The second-order valence-corrected chi connectivity index (χ2v) is 6.78. The standard InChI is InChI=1S/C18H16N4O7/c19-14-12-8-29-13(15(18(25)26)21(12)17(14)24)6-9-4-5-20(16(9)23)10-2-1-3-11(7-10)22(27)28/h1-3,6-7,12,14H,4-5,8,19H2,(H,25,26)/t12-,14+/m1/s1. The summed E-state index contributed by atoms with van der Waals surface area (Å²) >= 11 is 0. The van der Waals surface area contributed by atoms with Gasteiger partial charge in [0.25, 0.3) is 11.6 Å². The predicted octanol–water partition coefficient (Wildman–Crippen LogP) is 0.122. The Kier molecular flexibility index (Phi) is 4.31. The number of β-lactam (4-membered cyclic amide) rings is 1. The van der Waals surface area contributed by atoms with Crippen LogP contribution in [0, 0.1) is 10.1 Å². The number of carboxylic acid groups (broad SMARTS) is 1. The van der Waals surface area contributed by atoms with Crippen molar-refractivity contribution in [3.05, 3.63) is 57.5 Å². The van der Waals surface area contributed by atoms with Gasteiger partial charge in [0.05, 0.1) is 16.7 Å². The molecule has 0 aliphatic carbocycles. The van der Waals surface area contributed by atoms with Crippen LogP contribution in [0.15, 0.2) is 47.4 Å². The minimum atomic E-state index is -1.36. The molecule has 150 valence electrons. The van der Waals surface area contributed by atoms with E-state index in [9.17, 15) is 29.6 Å². The van der Waals surface area contributed by atoms with Crippen molar-refractivity contribution in [1.29, 1.82) is 0 Å². The van der Waals surface area contributed by atoms with Gasteiger partial charge in [-0.15, -0.1) is 0 Å². The van der Waals surface area contributed by atoms with E-state index in [1.165, 1.54) is 29.2 Å². The summed E-state index contributed by atoms with van der Waals surface area (Å²) in [5.74, 6) is -2.37. The zero-order valence-electron chi connectivity index (χ0n) is 15.0. The van der Waals surface area contributed by atoms with Crippen LogP contribution in [0.2, 0.25) is 0 Å². The highest BCUT2D eigenvalue weighted by molar-refractivity contribution is 6.09. The van der Waals surface area contributed by atoms with Crippen LogP contribution in [0.25, 0.3) is 0 Å². The van der Waals surface area contributed by atoms with Crippen molar-refractivity contribution in [2.75, 3.05) is 18.1 Å². The van der Waals surface area contributed by atoms with Crippen molar-refractivity contribution in [2.45, 2.75) is 18.5 Å². The first-order valence-corrected chi connectivity index (χ1v) is 8.75. The SMILES string of the molecule is N[C@@H]1C(=O)N2C(C(=O)O)=C(C=C3CCN(c4cccc([N+](=O)[O-])c4)C3=O)OC[C@H]12. The highest BCUT2D eigenvalue weighted by atomic mass is 16.6. The number of rotatable bonds is 4. The van der Waals surface area contributed by atoms with Crippen LogP contribution >= 0.6 is 0 Å². The Morgan fingerprint density at radius 2 is 2.14 bits per heavy atom. The van der Waals surface area contributed by atoms with Crippen LogP contribution in [-0.4, -0.2) is 57.9 Å². The van der Waals surface area contributed by atoms with Gasteiger partial charge in [0.15, 0.2) is 11.5 Å². The molecule has 0 unspecified atom stereocenters. The van der Waals surface area contributed by atoms with Gasteiger partial charge in [0, 0.05) is 24.3 Å². The van der Waals surface area contributed by atoms with E-state index in [-0.39, 0.29) is 42.3 Å². The number of carbonyl (C=O) groups excluding carboxylic acids is 2. The molecule has 2 saturated heterocycles. The summed E-state index contributed by atoms with van der Waals surface area (Å²) in [5.41, 5.74) is 5.84. The molecule has 11 heteroatoms. The number of allylic oxidation sites excluding steroid dienone is 1. The molecule has 3 N–H and O–H groups in total. The van der Waals surface area contributed by atoms with Crippen molar-refractivity contribution < 1.29 is 29.2 Å². The first kappa shape index (κ1) is 18.6. The molecule has 3 heterocycles. The van der Waals surface area contributed by atoms with Crippen molar-refractivity contribution in [3.63, 3.8) is 0 Å². The summed E-state index contributed by atoms with van der Waals surface area (Å²) in [5, 5.41) is 20.5. The molecule has 1 aromatic carbocycles. The van der Waals surface area contributed by atoms with Crippen LogP contribution in [0.5, 0.6) is 0 Å². The Labute approximate surface area is 163 Å². The largest absolute Gasteiger partial charge is 0.489 e. The van der Waals surface area contributed by atoms with Crippen LogP contribution in [0.4, 0.5) is 11.4 Å². The maximum absolute atomic E-state index is 12.8. The summed E-state index contributed by atoms with van der Waals surface area (Å²) in [7, 11) is 0. The lowest BCUT2D eigenvalue weighted by Crippen LogP contribution is -2.71. The Bertz CT molecular complexity index is 1020. The van der Waals surface area contributed by atoms with Gasteiger partial charge in [-0.3, -0.25) is 24.6 Å². The normalized spacial score (nSPS) is 25.1. The van der Waals surface area contributed by atoms with E-state index in [0.29, 0.717) is 5.69 Å². The smallest absolute Gasteiger partial charge is 0.356 e. The Hall–Kier alpha value is -3.73. The fourth-order valence-electron chi connectivity index (χ4n) is 3.63. The van der Waals surface area contributed by atoms with E-state index < -0.39 is 34.8 Å². The number of nitro benzene ring substituents is 1. The van der Waals surface area contributed by atoms with E-state index in [4.69, 9.17) is 10.5 Å². The molecular formula is C18H16N4O7. The van der Waals surface area contributed by atoms with Gasteiger partial charge in [0.2, 0.25) is 5.91 Å². The molecule has 2 fully saturated rings. The third-order valence-electron chi connectivity index (χ3n) is 5.14. The first-order chi connectivity index (χ1) is 13.8. The molecule has 2 atom stereocenters. The molecule has 3 aliphatic rings. The van der Waals surface area contributed by atoms with E-state index in [0.717, 1.165) is 4.90 Å². The third kappa shape index (κ3) is 2.91. The highest BCUT2D eigenvalue weighted by Crippen LogP contribution is 2.34. The van der Waals surface area contributed by atoms with Gasteiger partial charge >= 0.3 is 5.97 Å². The van der Waals surface area contributed by atoms with Crippen molar-refractivity contribution in [3.8, 4) is 0 Å². The number of ether oxygens (including phenoxy) is 1. The van der Waals surface area contributed by atoms with E-state index in [2.05, 4.69) is 0 Å². The van der Waals surface area contributed by atoms with E-state index in [1.807, 2.05) is 0 Å². The van der Waals surface area contributed by atoms with Crippen LogP contribution in [0.1, 0.15) is 6.42 Å². The van der Waals surface area contributed by atoms with Gasteiger partial charge in [-0.05, 0) is 18.6 Å².